The molecule has 0 saturated heterocycles. The van der Waals surface area contributed by atoms with Crippen molar-refractivity contribution in [1.82, 2.24) is 17.4 Å². The summed E-state index contributed by atoms with van der Waals surface area (Å²) >= 11 is 0. The van der Waals surface area contributed by atoms with Crippen LogP contribution in [-0.2, 0) is 9.36 Å². The van der Waals surface area contributed by atoms with Crippen LogP contribution in [0.25, 0.3) is 0 Å². The van der Waals surface area contributed by atoms with E-state index in [0.29, 0.717) is 16.2 Å². The summed E-state index contributed by atoms with van der Waals surface area (Å²) in [6.07, 6.45) is 0.0704. The van der Waals surface area contributed by atoms with E-state index in [-0.39, 0.29) is 31.7 Å². The molecular formula is C11H19N4O5P. The van der Waals surface area contributed by atoms with E-state index in [9.17, 15) is 19.1 Å². The van der Waals surface area contributed by atoms with Crippen LogP contribution >= 0.6 is 7.60 Å². The summed E-state index contributed by atoms with van der Waals surface area (Å²) < 4.78 is 11.4. The van der Waals surface area contributed by atoms with Crippen LogP contribution in [-0.4, -0.2) is 33.0 Å². The molecule has 0 bridgehead atoms. The van der Waals surface area contributed by atoms with Gasteiger partial charge in [-0.05, 0) is 24.1 Å². The number of nitrogens with zero attached hydrogens (tertiary/aromatic N) is 2. The van der Waals surface area contributed by atoms with Crippen LogP contribution in [0, 0.1) is 11.3 Å². The van der Waals surface area contributed by atoms with Gasteiger partial charge in [0, 0.05) is 6.54 Å². The van der Waals surface area contributed by atoms with Crippen LogP contribution in [0.1, 0.15) is 23.2 Å². The Morgan fingerprint density at radius 3 is 2.19 bits per heavy atom. The van der Waals surface area contributed by atoms with Crippen molar-refractivity contribution in [3.05, 3.63) is 35.4 Å². The first-order valence-electron chi connectivity index (χ1n) is 5.34. The van der Waals surface area contributed by atoms with Gasteiger partial charge in [0.15, 0.2) is 0 Å². The van der Waals surface area contributed by atoms with Crippen molar-refractivity contribution in [1.29, 1.82) is 5.26 Å². The summed E-state index contributed by atoms with van der Waals surface area (Å²) in [5, 5.41) is 17.9. The predicted molar refractivity (Wildman–Crippen MR) is 75.2 cm³/mol. The van der Waals surface area contributed by atoms with Gasteiger partial charge in [0.2, 0.25) is 6.41 Å². The van der Waals surface area contributed by atoms with Gasteiger partial charge in [-0.15, -0.1) is 0 Å². The van der Waals surface area contributed by atoms with Crippen LogP contribution in [0.4, 0.5) is 0 Å². The van der Waals surface area contributed by atoms with Gasteiger partial charge in [-0.3, -0.25) is 14.6 Å². The molecule has 9 nitrogen and oxygen atoms in total. The highest BCUT2D eigenvalue weighted by Crippen LogP contribution is 2.53. The number of carbonyl (C=O) groups excluding carboxylic acids is 1. The molecule has 0 aliphatic carbocycles. The maximum Gasteiger partial charge on any atom is 0.333 e. The first-order valence-corrected chi connectivity index (χ1v) is 7.02. The lowest BCUT2D eigenvalue weighted by Crippen LogP contribution is -2.20. The lowest BCUT2D eigenvalue weighted by atomic mass is 10.1. The Labute approximate surface area is 122 Å². The topological polar surface area (TPSA) is 192 Å². The Kier molecular flexibility index (Phi) is 9.42. The van der Waals surface area contributed by atoms with Crippen molar-refractivity contribution in [3.8, 4) is 6.07 Å². The number of amides is 1. The van der Waals surface area contributed by atoms with E-state index in [1.807, 2.05) is 6.07 Å². The minimum absolute atomic E-state index is 0. The average molecular weight is 318 g/mol. The fourth-order valence-electron chi connectivity index (χ4n) is 1.62. The minimum Gasteiger partial charge on any atom is -0.344 e. The van der Waals surface area contributed by atoms with Gasteiger partial charge in [0.05, 0.1) is 17.3 Å². The molecular weight excluding hydrogens is 299 g/mol. The first kappa shape index (κ1) is 21.5. The lowest BCUT2D eigenvalue weighted by Gasteiger charge is -2.20. The Balaban J connectivity index is 0. The fourth-order valence-corrected chi connectivity index (χ4v) is 2.63. The molecule has 0 fully saturated rings. The molecule has 10 heteroatoms. The van der Waals surface area contributed by atoms with E-state index in [4.69, 9.17) is 10.5 Å². The Morgan fingerprint density at radius 1 is 1.29 bits per heavy atom. The van der Waals surface area contributed by atoms with E-state index in [0.717, 1.165) is 0 Å². The lowest BCUT2D eigenvalue weighted by molar-refractivity contribution is -0.149. The van der Waals surface area contributed by atoms with E-state index < -0.39 is 13.3 Å². The Morgan fingerprint density at radius 2 is 1.81 bits per heavy atom. The number of rotatable bonds is 6. The molecule has 0 heterocycles. The van der Waals surface area contributed by atoms with Crippen molar-refractivity contribution < 1.29 is 24.4 Å². The summed E-state index contributed by atoms with van der Waals surface area (Å²) in [5.41, 5.74) is -0.397. The van der Waals surface area contributed by atoms with Gasteiger partial charge in [0.1, 0.15) is 0 Å². The van der Waals surface area contributed by atoms with Crippen molar-refractivity contribution >= 4 is 14.0 Å². The van der Waals surface area contributed by atoms with Crippen LogP contribution in [0.15, 0.2) is 24.3 Å². The maximum atomic E-state index is 11.4. The zero-order chi connectivity index (χ0) is 14.5. The van der Waals surface area contributed by atoms with Gasteiger partial charge in [-0.2, -0.15) is 5.26 Å². The van der Waals surface area contributed by atoms with Crippen LogP contribution in [0.2, 0.25) is 0 Å². The van der Waals surface area contributed by atoms with E-state index >= 15 is 0 Å². The molecule has 1 rings (SSSR count). The molecule has 0 aliphatic heterocycles. The van der Waals surface area contributed by atoms with Gasteiger partial charge < -0.3 is 22.1 Å². The van der Waals surface area contributed by atoms with E-state index in [1.165, 1.54) is 24.3 Å². The van der Waals surface area contributed by atoms with Gasteiger partial charge >= 0.3 is 7.60 Å². The summed E-state index contributed by atoms with van der Waals surface area (Å²) in [6, 6.07) is 7.71. The standard InChI is InChI=1S/C11H13N2O5P.2H3N/c12-7-9-1-3-10(4-2-9)11(19(16,17)18)5-6-13(15)8-14;;/h1-4,8,11,15H,5-6H2,(H2,16,17,18);2*1H3. The van der Waals surface area contributed by atoms with E-state index in [2.05, 4.69) is 0 Å². The Bertz CT molecular complexity index is 524. The number of benzene rings is 1. The molecule has 1 aromatic carbocycles. The number of hydrogen-bond acceptors (Lipinski definition) is 6. The molecule has 21 heavy (non-hydrogen) atoms. The highest BCUT2D eigenvalue weighted by atomic mass is 31.2. The summed E-state index contributed by atoms with van der Waals surface area (Å²) in [6.45, 7) is -0.195. The third-order valence-electron chi connectivity index (χ3n) is 2.58. The molecule has 0 aromatic heterocycles. The molecule has 1 aromatic rings. The third kappa shape index (κ3) is 6.46. The van der Waals surface area contributed by atoms with Crippen molar-refractivity contribution in [2.24, 2.45) is 0 Å². The summed E-state index contributed by atoms with van der Waals surface area (Å²) in [5.74, 6) is 0. The number of hydrogen-bond donors (Lipinski definition) is 5. The molecule has 1 amide bonds. The second-order valence-electron chi connectivity index (χ2n) is 3.90. The van der Waals surface area contributed by atoms with Gasteiger partial charge in [0.25, 0.3) is 0 Å². The molecule has 0 saturated carbocycles. The highest BCUT2D eigenvalue weighted by molar-refractivity contribution is 7.52. The predicted octanol–water partition coefficient (Wildman–Crippen LogP) is 1.34. The maximum absolute atomic E-state index is 11.4. The molecule has 1 atom stereocenters. The molecule has 9 N–H and O–H groups in total. The first-order chi connectivity index (χ1) is 8.88. The molecule has 118 valence electrons. The zero-order valence-corrected chi connectivity index (χ0v) is 12.2. The van der Waals surface area contributed by atoms with E-state index in [1.54, 1.807) is 0 Å². The second kappa shape index (κ2) is 9.20. The molecule has 1 unspecified atom stereocenters. The van der Waals surface area contributed by atoms with Gasteiger partial charge in [-0.25, -0.2) is 5.06 Å². The zero-order valence-electron chi connectivity index (χ0n) is 11.3. The minimum atomic E-state index is -4.42. The van der Waals surface area contributed by atoms with Crippen LogP contribution in [0.3, 0.4) is 0 Å². The van der Waals surface area contributed by atoms with Crippen molar-refractivity contribution in [3.63, 3.8) is 0 Å². The van der Waals surface area contributed by atoms with Crippen LogP contribution < -0.4 is 12.3 Å². The number of hydroxylamine groups is 2. The summed E-state index contributed by atoms with van der Waals surface area (Å²) in [4.78, 5) is 28.8. The quantitative estimate of drug-likeness (QED) is 0.224. The van der Waals surface area contributed by atoms with Crippen LogP contribution in [0.5, 0.6) is 0 Å². The monoisotopic (exact) mass is 318 g/mol. The largest absolute Gasteiger partial charge is 0.344 e. The highest BCUT2D eigenvalue weighted by Gasteiger charge is 2.30. The average Bonchev–Trinajstić information content (AvgIpc) is 2.37. The van der Waals surface area contributed by atoms with Crippen molar-refractivity contribution in [2.75, 3.05) is 6.54 Å². The normalized spacial score (nSPS) is 11.3. The molecule has 0 spiro atoms. The fraction of sp³-hybridized carbons (Fsp3) is 0.273. The summed E-state index contributed by atoms with van der Waals surface area (Å²) in [7, 11) is -4.42. The number of carbonyl (C=O) groups is 1. The molecule has 0 radical (unpaired) electrons. The molecule has 0 aliphatic rings. The smallest absolute Gasteiger partial charge is 0.333 e. The SMILES string of the molecule is N.N.N#Cc1ccc(C(CCN(O)C=O)P(=O)(O)O)cc1. The third-order valence-corrected chi connectivity index (χ3v) is 3.95. The van der Waals surface area contributed by atoms with Gasteiger partial charge in [-0.1, -0.05) is 12.1 Å². The van der Waals surface area contributed by atoms with Crippen molar-refractivity contribution in [2.45, 2.75) is 12.1 Å². The Hall–Kier alpha value is -1.79. The number of nitriles is 1. The second-order valence-corrected chi connectivity index (χ2v) is 5.70.